The van der Waals surface area contributed by atoms with Crippen LogP contribution in [-0.4, -0.2) is 25.9 Å². The zero-order valence-corrected chi connectivity index (χ0v) is 12.3. The van der Waals surface area contributed by atoms with Crippen LogP contribution in [0.5, 0.6) is 0 Å². The molecule has 0 saturated carbocycles. The average molecular weight is 267 g/mol. The Bertz CT molecular complexity index is 522. The first-order valence-corrected chi connectivity index (χ1v) is 7.20. The molecule has 0 amide bonds. The molecule has 6 heteroatoms. The Morgan fingerprint density at radius 2 is 2.06 bits per heavy atom. The third kappa shape index (κ3) is 2.70. The van der Waals surface area contributed by atoms with E-state index in [-0.39, 0.29) is 11.5 Å². The molecule has 0 aliphatic carbocycles. The molecule has 0 bridgehead atoms. The maximum Gasteiger partial charge on any atom is 0.234 e. The van der Waals surface area contributed by atoms with Gasteiger partial charge in [-0.2, -0.15) is 9.61 Å². The lowest BCUT2D eigenvalue weighted by atomic mass is 9.96. The van der Waals surface area contributed by atoms with Crippen LogP contribution in [0.2, 0.25) is 0 Å². The Balaban J connectivity index is 2.26. The van der Waals surface area contributed by atoms with Gasteiger partial charge in [-0.15, -0.1) is 10.2 Å². The predicted molar refractivity (Wildman–Crippen MR) is 73.9 cm³/mol. The highest BCUT2D eigenvalue weighted by Crippen LogP contribution is 2.23. The molecule has 2 aromatic heterocycles. The van der Waals surface area contributed by atoms with Gasteiger partial charge < -0.3 is 5.73 Å². The van der Waals surface area contributed by atoms with Gasteiger partial charge in [0.2, 0.25) is 4.96 Å². The minimum atomic E-state index is -0.0453. The van der Waals surface area contributed by atoms with E-state index in [1.165, 1.54) is 0 Å². The van der Waals surface area contributed by atoms with Gasteiger partial charge >= 0.3 is 0 Å². The fourth-order valence-electron chi connectivity index (χ4n) is 1.90. The number of nitrogens with zero attached hydrogens (tertiary/aromatic N) is 4. The standard InChI is InChI=1S/C12H21N5S/c1-5-6-8(13)7-9-16-17-10(12(2,3)4)14-15-11(17)18-9/h8H,5-7,13H2,1-4H3. The second-order valence-electron chi connectivity index (χ2n) is 5.72. The number of hydrogen-bond acceptors (Lipinski definition) is 5. The molecule has 0 aromatic carbocycles. The zero-order chi connectivity index (χ0) is 13.3. The summed E-state index contributed by atoms with van der Waals surface area (Å²) in [6.07, 6.45) is 2.97. The Morgan fingerprint density at radius 1 is 1.33 bits per heavy atom. The lowest BCUT2D eigenvalue weighted by Crippen LogP contribution is -2.22. The number of hydrogen-bond donors (Lipinski definition) is 1. The second kappa shape index (κ2) is 4.93. The molecule has 0 spiro atoms. The Hall–Kier alpha value is -1.01. The Labute approximate surface area is 111 Å². The first-order valence-electron chi connectivity index (χ1n) is 6.39. The molecule has 0 radical (unpaired) electrons. The summed E-state index contributed by atoms with van der Waals surface area (Å²) in [5.74, 6) is 0.907. The van der Waals surface area contributed by atoms with Crippen molar-refractivity contribution in [3.8, 4) is 0 Å². The fraction of sp³-hybridized carbons (Fsp3) is 0.750. The van der Waals surface area contributed by atoms with E-state index in [1.54, 1.807) is 11.3 Å². The highest BCUT2D eigenvalue weighted by atomic mass is 32.1. The summed E-state index contributed by atoms with van der Waals surface area (Å²) in [5, 5.41) is 14.0. The second-order valence-corrected chi connectivity index (χ2v) is 6.76. The van der Waals surface area contributed by atoms with E-state index in [1.807, 2.05) is 4.52 Å². The van der Waals surface area contributed by atoms with Gasteiger partial charge in [0.15, 0.2) is 5.82 Å². The molecule has 2 N–H and O–H groups in total. The number of fused-ring (bicyclic) bond motifs is 1. The SMILES string of the molecule is CCCC(N)Cc1nn2c(C(C)(C)C)nnc2s1. The van der Waals surface area contributed by atoms with Crippen LogP contribution in [0, 0.1) is 0 Å². The first kappa shape index (κ1) is 13.4. The van der Waals surface area contributed by atoms with Crippen molar-refractivity contribution in [2.45, 2.75) is 58.4 Å². The third-order valence-corrected chi connectivity index (χ3v) is 3.72. The summed E-state index contributed by atoms with van der Waals surface area (Å²) in [4.78, 5) is 0.860. The van der Waals surface area contributed by atoms with Crippen LogP contribution in [0.4, 0.5) is 0 Å². The maximum absolute atomic E-state index is 6.05. The minimum Gasteiger partial charge on any atom is -0.327 e. The van der Waals surface area contributed by atoms with Gasteiger partial charge in [-0.25, -0.2) is 0 Å². The lowest BCUT2D eigenvalue weighted by molar-refractivity contribution is 0.524. The van der Waals surface area contributed by atoms with Crippen molar-refractivity contribution >= 4 is 16.3 Å². The molecule has 0 aliphatic heterocycles. The summed E-state index contributed by atoms with van der Waals surface area (Å²) < 4.78 is 1.86. The first-order chi connectivity index (χ1) is 8.41. The minimum absolute atomic E-state index is 0.0453. The Morgan fingerprint density at radius 3 is 2.67 bits per heavy atom. The predicted octanol–water partition coefficient (Wildman–Crippen LogP) is 2.15. The highest BCUT2D eigenvalue weighted by Gasteiger charge is 2.23. The van der Waals surface area contributed by atoms with Gasteiger partial charge in [-0.1, -0.05) is 45.5 Å². The molecule has 2 aromatic rings. The summed E-state index contributed by atoms with van der Waals surface area (Å²) >= 11 is 1.59. The average Bonchev–Trinajstić information content (AvgIpc) is 2.74. The molecule has 2 heterocycles. The summed E-state index contributed by atoms with van der Waals surface area (Å²) in [7, 11) is 0. The van der Waals surface area contributed by atoms with E-state index >= 15 is 0 Å². The molecule has 1 unspecified atom stereocenters. The van der Waals surface area contributed by atoms with E-state index in [9.17, 15) is 0 Å². The van der Waals surface area contributed by atoms with Gasteiger partial charge in [-0.05, 0) is 6.42 Å². The molecule has 0 fully saturated rings. The van der Waals surface area contributed by atoms with Crippen molar-refractivity contribution in [2.75, 3.05) is 0 Å². The van der Waals surface area contributed by atoms with E-state index in [0.717, 1.165) is 35.1 Å². The van der Waals surface area contributed by atoms with Crippen molar-refractivity contribution in [3.63, 3.8) is 0 Å². The van der Waals surface area contributed by atoms with Crippen LogP contribution < -0.4 is 5.73 Å². The fourth-order valence-corrected chi connectivity index (χ4v) is 2.83. The smallest absolute Gasteiger partial charge is 0.234 e. The quantitative estimate of drug-likeness (QED) is 0.921. The lowest BCUT2D eigenvalue weighted by Gasteiger charge is -2.13. The van der Waals surface area contributed by atoms with Crippen LogP contribution in [-0.2, 0) is 11.8 Å². The van der Waals surface area contributed by atoms with E-state index < -0.39 is 0 Å². The van der Waals surface area contributed by atoms with Crippen LogP contribution in [0.25, 0.3) is 4.96 Å². The Kier molecular flexibility index (Phi) is 3.68. The monoisotopic (exact) mass is 267 g/mol. The van der Waals surface area contributed by atoms with Crippen LogP contribution >= 0.6 is 11.3 Å². The van der Waals surface area contributed by atoms with Gasteiger partial charge in [0.25, 0.3) is 0 Å². The molecule has 2 rings (SSSR count). The van der Waals surface area contributed by atoms with Crippen LogP contribution in [0.3, 0.4) is 0 Å². The number of aromatic nitrogens is 4. The van der Waals surface area contributed by atoms with Gasteiger partial charge in [0.1, 0.15) is 5.01 Å². The summed E-state index contributed by atoms with van der Waals surface area (Å²) in [5.41, 5.74) is 6.01. The van der Waals surface area contributed by atoms with E-state index in [4.69, 9.17) is 5.73 Å². The molecule has 1 atom stereocenters. The van der Waals surface area contributed by atoms with E-state index in [2.05, 4.69) is 43.0 Å². The molecular weight excluding hydrogens is 246 g/mol. The number of nitrogens with two attached hydrogens (primary N) is 1. The van der Waals surface area contributed by atoms with Gasteiger partial charge in [-0.3, -0.25) is 0 Å². The van der Waals surface area contributed by atoms with Crippen molar-refractivity contribution in [3.05, 3.63) is 10.8 Å². The third-order valence-electron chi connectivity index (χ3n) is 2.80. The molecule has 5 nitrogen and oxygen atoms in total. The van der Waals surface area contributed by atoms with Crippen molar-refractivity contribution < 1.29 is 0 Å². The highest BCUT2D eigenvalue weighted by molar-refractivity contribution is 7.16. The molecule has 100 valence electrons. The van der Waals surface area contributed by atoms with Crippen LogP contribution in [0.1, 0.15) is 51.4 Å². The summed E-state index contributed by atoms with van der Waals surface area (Å²) in [6.45, 7) is 8.50. The zero-order valence-electron chi connectivity index (χ0n) is 11.5. The molecular formula is C12H21N5S. The van der Waals surface area contributed by atoms with Crippen molar-refractivity contribution in [1.82, 2.24) is 19.8 Å². The molecule has 18 heavy (non-hydrogen) atoms. The van der Waals surface area contributed by atoms with Gasteiger partial charge in [0, 0.05) is 17.9 Å². The normalized spacial score (nSPS) is 14.3. The van der Waals surface area contributed by atoms with Gasteiger partial charge in [0.05, 0.1) is 0 Å². The summed E-state index contributed by atoms with van der Waals surface area (Å²) in [6, 6.07) is 0.192. The van der Waals surface area contributed by atoms with Crippen LogP contribution in [0.15, 0.2) is 0 Å². The molecule has 0 saturated heterocycles. The maximum atomic E-state index is 6.05. The largest absolute Gasteiger partial charge is 0.327 e. The topological polar surface area (TPSA) is 69.1 Å². The van der Waals surface area contributed by atoms with Crippen molar-refractivity contribution in [2.24, 2.45) is 5.73 Å². The van der Waals surface area contributed by atoms with E-state index in [0.29, 0.717) is 0 Å². The number of rotatable bonds is 4. The molecule has 0 aliphatic rings. The van der Waals surface area contributed by atoms with Crippen molar-refractivity contribution in [1.29, 1.82) is 0 Å².